The fourth-order valence-corrected chi connectivity index (χ4v) is 2.14. The zero-order chi connectivity index (χ0) is 19.8. The highest BCUT2D eigenvalue weighted by molar-refractivity contribution is 5.93. The molecule has 7 nitrogen and oxygen atoms in total. The van der Waals surface area contributed by atoms with Crippen molar-refractivity contribution in [3.05, 3.63) is 59.9 Å². The highest BCUT2D eigenvalue weighted by Crippen LogP contribution is 2.20. The largest absolute Gasteiger partial charge is 0.462 e. The summed E-state index contributed by atoms with van der Waals surface area (Å²) in [6.07, 6.45) is 2.51. The maximum atomic E-state index is 12.3. The molecule has 0 saturated heterocycles. The lowest BCUT2D eigenvalue weighted by Gasteiger charge is -2.20. The SMILES string of the molecule is CC(=O)Oc1ccccc1C(=O)OCC(C)C(C)OC(=O)c1cccnc1. The molecule has 0 radical (unpaired) electrons. The van der Waals surface area contributed by atoms with E-state index in [9.17, 15) is 14.4 Å². The van der Waals surface area contributed by atoms with Crippen LogP contribution in [0.4, 0.5) is 0 Å². The Morgan fingerprint density at radius 3 is 2.44 bits per heavy atom. The molecule has 1 heterocycles. The third-order valence-electron chi connectivity index (χ3n) is 3.83. The number of pyridine rings is 1. The van der Waals surface area contributed by atoms with Crippen LogP contribution in [0, 0.1) is 5.92 Å². The average Bonchev–Trinajstić information content (AvgIpc) is 2.66. The van der Waals surface area contributed by atoms with Gasteiger partial charge in [0.15, 0.2) is 0 Å². The van der Waals surface area contributed by atoms with Crippen LogP contribution in [0.1, 0.15) is 41.5 Å². The van der Waals surface area contributed by atoms with Crippen molar-refractivity contribution in [1.82, 2.24) is 4.98 Å². The maximum Gasteiger partial charge on any atom is 0.341 e. The first-order chi connectivity index (χ1) is 12.9. The molecule has 142 valence electrons. The molecular formula is C20H21NO6. The predicted octanol–water partition coefficient (Wildman–Crippen LogP) is 3.05. The van der Waals surface area contributed by atoms with Gasteiger partial charge in [-0.15, -0.1) is 0 Å². The summed E-state index contributed by atoms with van der Waals surface area (Å²) in [6.45, 7) is 4.81. The predicted molar refractivity (Wildman–Crippen MR) is 96.3 cm³/mol. The van der Waals surface area contributed by atoms with Crippen molar-refractivity contribution in [3.8, 4) is 5.75 Å². The number of ether oxygens (including phenoxy) is 3. The van der Waals surface area contributed by atoms with Crippen LogP contribution >= 0.6 is 0 Å². The van der Waals surface area contributed by atoms with Crippen molar-refractivity contribution < 1.29 is 28.6 Å². The molecule has 0 spiro atoms. The molecule has 1 aromatic heterocycles. The van der Waals surface area contributed by atoms with Crippen molar-refractivity contribution in [1.29, 1.82) is 0 Å². The Morgan fingerprint density at radius 1 is 1.04 bits per heavy atom. The van der Waals surface area contributed by atoms with Gasteiger partial charge in [0, 0.05) is 25.2 Å². The fourth-order valence-electron chi connectivity index (χ4n) is 2.14. The fraction of sp³-hybridized carbons (Fsp3) is 0.300. The lowest BCUT2D eigenvalue weighted by atomic mass is 10.1. The number of aromatic nitrogens is 1. The van der Waals surface area contributed by atoms with Gasteiger partial charge in [0.05, 0.1) is 12.2 Å². The van der Waals surface area contributed by atoms with E-state index in [1.54, 1.807) is 44.3 Å². The highest BCUT2D eigenvalue weighted by Gasteiger charge is 2.21. The second kappa shape index (κ2) is 9.47. The van der Waals surface area contributed by atoms with E-state index in [1.807, 2.05) is 0 Å². The van der Waals surface area contributed by atoms with Gasteiger partial charge in [0.2, 0.25) is 0 Å². The second-order valence-electron chi connectivity index (χ2n) is 6.02. The number of nitrogens with zero attached hydrogens (tertiary/aromatic N) is 1. The molecule has 2 unspecified atom stereocenters. The van der Waals surface area contributed by atoms with Gasteiger partial charge in [-0.2, -0.15) is 0 Å². The van der Waals surface area contributed by atoms with Crippen LogP contribution in [0.5, 0.6) is 5.75 Å². The number of benzene rings is 1. The Balaban J connectivity index is 1.91. The molecule has 2 rings (SSSR count). The zero-order valence-electron chi connectivity index (χ0n) is 15.4. The summed E-state index contributed by atoms with van der Waals surface area (Å²) in [5.41, 5.74) is 0.503. The molecule has 7 heteroatoms. The van der Waals surface area contributed by atoms with Crippen LogP contribution in [-0.4, -0.2) is 35.6 Å². The first kappa shape index (κ1) is 20.1. The molecule has 0 aliphatic rings. The molecule has 0 aliphatic heterocycles. The van der Waals surface area contributed by atoms with Crippen LogP contribution in [0.15, 0.2) is 48.8 Å². The smallest absolute Gasteiger partial charge is 0.341 e. The zero-order valence-corrected chi connectivity index (χ0v) is 15.4. The van der Waals surface area contributed by atoms with E-state index in [1.165, 1.54) is 25.3 Å². The van der Waals surface area contributed by atoms with E-state index in [4.69, 9.17) is 14.2 Å². The van der Waals surface area contributed by atoms with Gasteiger partial charge in [0.1, 0.15) is 17.4 Å². The third kappa shape index (κ3) is 5.91. The molecule has 0 fully saturated rings. The van der Waals surface area contributed by atoms with E-state index in [0.29, 0.717) is 5.56 Å². The summed E-state index contributed by atoms with van der Waals surface area (Å²) < 4.78 is 15.7. The Morgan fingerprint density at radius 2 is 1.78 bits per heavy atom. The lowest BCUT2D eigenvalue weighted by Crippen LogP contribution is -2.27. The number of carbonyl (C=O) groups is 3. The van der Waals surface area contributed by atoms with Crippen LogP contribution in [0.25, 0.3) is 0 Å². The Labute approximate surface area is 157 Å². The highest BCUT2D eigenvalue weighted by atomic mass is 16.6. The normalized spacial score (nSPS) is 12.6. The first-order valence-electron chi connectivity index (χ1n) is 8.44. The average molecular weight is 371 g/mol. The summed E-state index contributed by atoms with van der Waals surface area (Å²) in [4.78, 5) is 39.3. The number of para-hydroxylation sites is 1. The van der Waals surface area contributed by atoms with E-state index in [-0.39, 0.29) is 23.8 Å². The molecule has 0 N–H and O–H groups in total. The number of hydrogen-bond donors (Lipinski definition) is 0. The van der Waals surface area contributed by atoms with Crippen LogP contribution in [0.3, 0.4) is 0 Å². The Bertz CT molecular complexity index is 805. The Hall–Kier alpha value is -3.22. The maximum absolute atomic E-state index is 12.3. The number of rotatable bonds is 7. The number of hydrogen-bond acceptors (Lipinski definition) is 7. The summed E-state index contributed by atoms with van der Waals surface area (Å²) in [7, 11) is 0. The van der Waals surface area contributed by atoms with Crippen molar-refractivity contribution in [2.75, 3.05) is 6.61 Å². The minimum absolute atomic E-state index is 0.0364. The summed E-state index contributed by atoms with van der Waals surface area (Å²) in [6, 6.07) is 9.57. The van der Waals surface area contributed by atoms with Gasteiger partial charge >= 0.3 is 17.9 Å². The van der Waals surface area contributed by atoms with Gasteiger partial charge in [0.25, 0.3) is 0 Å². The Kier molecular flexibility index (Phi) is 7.05. The molecule has 0 aliphatic carbocycles. The van der Waals surface area contributed by atoms with E-state index in [2.05, 4.69) is 4.98 Å². The number of esters is 3. The molecular weight excluding hydrogens is 350 g/mol. The molecule has 2 atom stereocenters. The minimum Gasteiger partial charge on any atom is -0.462 e. The van der Waals surface area contributed by atoms with Crippen molar-refractivity contribution in [2.24, 2.45) is 5.92 Å². The molecule has 0 bridgehead atoms. The van der Waals surface area contributed by atoms with E-state index >= 15 is 0 Å². The van der Waals surface area contributed by atoms with Gasteiger partial charge in [-0.3, -0.25) is 9.78 Å². The molecule has 1 aromatic carbocycles. The monoisotopic (exact) mass is 371 g/mol. The van der Waals surface area contributed by atoms with Crippen molar-refractivity contribution >= 4 is 17.9 Å². The van der Waals surface area contributed by atoms with Gasteiger partial charge in [-0.1, -0.05) is 19.1 Å². The van der Waals surface area contributed by atoms with Gasteiger partial charge < -0.3 is 14.2 Å². The lowest BCUT2D eigenvalue weighted by molar-refractivity contribution is -0.131. The summed E-state index contributed by atoms with van der Waals surface area (Å²) >= 11 is 0. The molecule has 0 saturated carbocycles. The van der Waals surface area contributed by atoms with Crippen molar-refractivity contribution in [3.63, 3.8) is 0 Å². The minimum atomic E-state index is -0.621. The quantitative estimate of drug-likeness (QED) is 0.545. The van der Waals surface area contributed by atoms with Gasteiger partial charge in [-0.05, 0) is 31.2 Å². The number of carbonyl (C=O) groups excluding carboxylic acids is 3. The summed E-state index contributed by atoms with van der Waals surface area (Å²) in [5, 5.41) is 0. The van der Waals surface area contributed by atoms with Crippen LogP contribution in [-0.2, 0) is 14.3 Å². The van der Waals surface area contributed by atoms with E-state index in [0.717, 1.165) is 0 Å². The molecule has 0 amide bonds. The topological polar surface area (TPSA) is 91.8 Å². The standard InChI is InChI=1S/C20H21NO6/c1-13(14(2)26-19(23)16-7-6-10-21-11-16)12-25-20(24)17-8-4-5-9-18(17)27-15(3)22/h4-11,13-14H,12H2,1-3H3. The third-order valence-corrected chi connectivity index (χ3v) is 3.83. The van der Waals surface area contributed by atoms with Crippen molar-refractivity contribution in [2.45, 2.75) is 26.9 Å². The molecule has 2 aromatic rings. The van der Waals surface area contributed by atoms with Crippen LogP contribution in [0.2, 0.25) is 0 Å². The van der Waals surface area contributed by atoms with E-state index < -0.39 is 24.0 Å². The summed E-state index contributed by atoms with van der Waals surface area (Å²) in [5.74, 6) is -1.74. The second-order valence-corrected chi connectivity index (χ2v) is 6.02. The first-order valence-corrected chi connectivity index (χ1v) is 8.44. The van der Waals surface area contributed by atoms with Gasteiger partial charge in [-0.25, -0.2) is 9.59 Å². The van der Waals surface area contributed by atoms with Crippen LogP contribution < -0.4 is 4.74 Å². The molecule has 27 heavy (non-hydrogen) atoms.